The van der Waals surface area contributed by atoms with Gasteiger partial charge in [0, 0.05) is 41.3 Å². The van der Waals surface area contributed by atoms with Crippen LogP contribution in [0.15, 0.2) is 18.2 Å². The fraction of sp³-hybridized carbons (Fsp3) is 0.450. The number of anilines is 2. The van der Waals surface area contributed by atoms with E-state index in [1.807, 2.05) is 12.1 Å². The number of halogens is 3. The Bertz CT molecular complexity index is 1040. The van der Waals surface area contributed by atoms with E-state index in [-0.39, 0.29) is 5.28 Å². The summed E-state index contributed by atoms with van der Waals surface area (Å²) in [6, 6.07) is 5.80. The first-order valence-electron chi connectivity index (χ1n) is 10.1. The van der Waals surface area contributed by atoms with E-state index in [0.29, 0.717) is 28.2 Å². The second kappa shape index (κ2) is 8.29. The molecule has 30 heavy (non-hydrogen) atoms. The first-order chi connectivity index (χ1) is 14.5. The van der Waals surface area contributed by atoms with Gasteiger partial charge in [0.25, 0.3) is 0 Å². The van der Waals surface area contributed by atoms with E-state index in [0.717, 1.165) is 23.0 Å². The summed E-state index contributed by atoms with van der Waals surface area (Å²) in [6.07, 6.45) is 7.30. The van der Waals surface area contributed by atoms with Crippen LogP contribution in [0.4, 0.5) is 11.6 Å². The van der Waals surface area contributed by atoms with Crippen LogP contribution in [0, 0.1) is 0 Å². The van der Waals surface area contributed by atoms with Crippen molar-refractivity contribution < 1.29 is 0 Å². The maximum atomic E-state index is 5.96. The van der Waals surface area contributed by atoms with Gasteiger partial charge in [-0.3, -0.25) is 5.10 Å². The standard InChI is InChI=1S/C13H14ClN5.C7H6Cl2N2/c14-13-15-9(7-1-2-7)5-11(17-13)16-12-6-10(18-19-12)8-3-4-8;8-6-3-5(4-1-2-4)10-7(9)11-6/h5-8H,1-4H2,(H2,15,16,17,18,19);3-4H,1-2H2. The van der Waals surface area contributed by atoms with E-state index in [1.165, 1.54) is 44.2 Å². The molecular formula is C20H20Cl3N7. The zero-order valence-corrected chi connectivity index (χ0v) is 18.3. The molecule has 0 atom stereocenters. The van der Waals surface area contributed by atoms with Crippen LogP contribution < -0.4 is 5.32 Å². The van der Waals surface area contributed by atoms with Crippen molar-refractivity contribution >= 4 is 46.4 Å². The SMILES string of the molecule is Clc1cc(C2CC2)nc(Cl)n1.Clc1nc(Nc2cc(C3CC3)[nH]n2)cc(C2CC2)n1. The summed E-state index contributed by atoms with van der Waals surface area (Å²) in [5, 5.41) is 11.5. The molecule has 3 aliphatic carbocycles. The molecule has 0 bridgehead atoms. The molecule has 7 nitrogen and oxygen atoms in total. The van der Waals surface area contributed by atoms with Gasteiger partial charge < -0.3 is 5.32 Å². The summed E-state index contributed by atoms with van der Waals surface area (Å²) >= 11 is 17.3. The molecule has 2 N–H and O–H groups in total. The number of rotatable bonds is 5. The molecule has 3 saturated carbocycles. The minimum atomic E-state index is 0.249. The van der Waals surface area contributed by atoms with Crippen LogP contribution in [-0.4, -0.2) is 30.1 Å². The van der Waals surface area contributed by atoms with Gasteiger partial charge in [-0.25, -0.2) is 19.9 Å². The molecule has 6 rings (SSSR count). The number of H-pyrrole nitrogens is 1. The Morgan fingerprint density at radius 2 is 1.30 bits per heavy atom. The normalized spacial score (nSPS) is 18.0. The Labute approximate surface area is 189 Å². The van der Waals surface area contributed by atoms with Crippen LogP contribution in [0.5, 0.6) is 0 Å². The van der Waals surface area contributed by atoms with Gasteiger partial charge in [-0.2, -0.15) is 5.10 Å². The van der Waals surface area contributed by atoms with Crippen LogP contribution >= 0.6 is 34.8 Å². The van der Waals surface area contributed by atoms with Crippen molar-refractivity contribution in [3.05, 3.63) is 51.0 Å². The van der Waals surface area contributed by atoms with Crippen molar-refractivity contribution in [2.24, 2.45) is 0 Å². The van der Waals surface area contributed by atoms with Crippen LogP contribution in [0.3, 0.4) is 0 Å². The number of aromatic nitrogens is 6. The molecule has 3 aromatic heterocycles. The number of aromatic amines is 1. The fourth-order valence-electron chi connectivity index (χ4n) is 3.22. The lowest BCUT2D eigenvalue weighted by Gasteiger charge is -2.04. The molecule has 3 aromatic rings. The largest absolute Gasteiger partial charge is 0.323 e. The van der Waals surface area contributed by atoms with Gasteiger partial charge in [-0.1, -0.05) is 11.6 Å². The van der Waals surface area contributed by atoms with E-state index in [1.54, 1.807) is 6.07 Å². The van der Waals surface area contributed by atoms with Crippen molar-refractivity contribution in [2.45, 2.75) is 56.3 Å². The highest BCUT2D eigenvalue weighted by molar-refractivity contribution is 6.31. The first-order valence-corrected chi connectivity index (χ1v) is 11.2. The van der Waals surface area contributed by atoms with Gasteiger partial charge in [0.05, 0.1) is 5.69 Å². The van der Waals surface area contributed by atoms with E-state index >= 15 is 0 Å². The zero-order chi connectivity index (χ0) is 20.7. The highest BCUT2D eigenvalue weighted by atomic mass is 35.5. The molecular weight excluding hydrogens is 445 g/mol. The van der Waals surface area contributed by atoms with Crippen LogP contribution in [-0.2, 0) is 0 Å². The van der Waals surface area contributed by atoms with Crippen molar-refractivity contribution in [2.75, 3.05) is 5.32 Å². The maximum absolute atomic E-state index is 5.96. The average molecular weight is 465 g/mol. The molecule has 156 valence electrons. The average Bonchev–Trinajstić information content (AvgIpc) is 3.57. The molecule has 0 saturated heterocycles. The maximum Gasteiger partial charge on any atom is 0.224 e. The predicted molar refractivity (Wildman–Crippen MR) is 117 cm³/mol. The lowest BCUT2D eigenvalue weighted by Crippen LogP contribution is -1.98. The third-order valence-corrected chi connectivity index (χ3v) is 5.80. The second-order valence-electron chi connectivity index (χ2n) is 7.99. The molecule has 3 heterocycles. The molecule has 0 amide bonds. The van der Waals surface area contributed by atoms with Crippen molar-refractivity contribution in [3.8, 4) is 0 Å². The molecule has 0 aliphatic heterocycles. The fourth-order valence-corrected chi connectivity index (χ4v) is 3.83. The van der Waals surface area contributed by atoms with Crippen molar-refractivity contribution in [1.82, 2.24) is 30.1 Å². The second-order valence-corrected chi connectivity index (χ2v) is 9.05. The van der Waals surface area contributed by atoms with Gasteiger partial charge in [0.2, 0.25) is 10.6 Å². The molecule has 0 spiro atoms. The highest BCUT2D eigenvalue weighted by Gasteiger charge is 2.27. The van der Waals surface area contributed by atoms with E-state index in [2.05, 4.69) is 35.5 Å². The summed E-state index contributed by atoms with van der Waals surface area (Å²) in [6.45, 7) is 0. The third-order valence-electron chi connectivity index (χ3n) is 5.27. The monoisotopic (exact) mass is 463 g/mol. The van der Waals surface area contributed by atoms with Gasteiger partial charge in [0.15, 0.2) is 5.82 Å². The number of hydrogen-bond acceptors (Lipinski definition) is 6. The summed E-state index contributed by atoms with van der Waals surface area (Å²) in [5.41, 5.74) is 3.21. The van der Waals surface area contributed by atoms with Crippen LogP contribution in [0.25, 0.3) is 0 Å². The van der Waals surface area contributed by atoms with Gasteiger partial charge >= 0.3 is 0 Å². The van der Waals surface area contributed by atoms with Crippen LogP contribution in [0.2, 0.25) is 15.7 Å². The Morgan fingerprint density at radius 3 is 1.90 bits per heavy atom. The van der Waals surface area contributed by atoms with Crippen molar-refractivity contribution in [1.29, 1.82) is 0 Å². The van der Waals surface area contributed by atoms with Crippen molar-refractivity contribution in [3.63, 3.8) is 0 Å². The number of nitrogens with zero attached hydrogens (tertiary/aromatic N) is 5. The summed E-state index contributed by atoms with van der Waals surface area (Å²) < 4.78 is 0. The lowest BCUT2D eigenvalue weighted by atomic mass is 10.3. The Kier molecular flexibility index (Phi) is 5.52. The van der Waals surface area contributed by atoms with Crippen LogP contribution in [0.1, 0.15) is 73.4 Å². The summed E-state index contributed by atoms with van der Waals surface area (Å²) in [4.78, 5) is 16.3. The Balaban J connectivity index is 0.000000149. The predicted octanol–water partition coefficient (Wildman–Crippen LogP) is 6.01. The van der Waals surface area contributed by atoms with Gasteiger partial charge in [-0.15, -0.1) is 0 Å². The topological polar surface area (TPSA) is 92.3 Å². The molecule has 3 fully saturated rings. The molecule has 3 aliphatic rings. The molecule has 0 radical (unpaired) electrons. The molecule has 0 unspecified atom stereocenters. The first kappa shape index (κ1) is 20.0. The molecule has 10 heteroatoms. The van der Waals surface area contributed by atoms with Gasteiger partial charge in [0.1, 0.15) is 11.0 Å². The van der Waals surface area contributed by atoms with E-state index < -0.39 is 0 Å². The zero-order valence-electron chi connectivity index (χ0n) is 16.1. The third kappa shape index (κ3) is 5.20. The quantitative estimate of drug-likeness (QED) is 0.355. The Hall–Kier alpha value is -1.96. The Morgan fingerprint density at radius 1 is 0.700 bits per heavy atom. The van der Waals surface area contributed by atoms with E-state index in [9.17, 15) is 0 Å². The number of hydrogen-bond donors (Lipinski definition) is 2. The number of nitrogens with one attached hydrogen (secondary N) is 2. The lowest BCUT2D eigenvalue weighted by molar-refractivity contribution is 0.964. The smallest absolute Gasteiger partial charge is 0.224 e. The van der Waals surface area contributed by atoms with E-state index in [4.69, 9.17) is 34.8 Å². The minimum Gasteiger partial charge on any atom is -0.323 e. The van der Waals surface area contributed by atoms with Gasteiger partial charge in [-0.05, 0) is 67.8 Å². The minimum absolute atomic E-state index is 0.249. The summed E-state index contributed by atoms with van der Waals surface area (Å²) in [7, 11) is 0. The molecule has 0 aromatic carbocycles. The summed E-state index contributed by atoms with van der Waals surface area (Å²) in [5.74, 6) is 3.31. The highest BCUT2D eigenvalue weighted by Crippen LogP contribution is 2.41.